The van der Waals surface area contributed by atoms with E-state index in [9.17, 15) is 18.0 Å². The first-order valence-corrected chi connectivity index (χ1v) is 8.12. The van der Waals surface area contributed by atoms with Crippen LogP contribution in [-0.2, 0) is 14.8 Å². The maximum absolute atomic E-state index is 11.9. The molecule has 0 bridgehead atoms. The van der Waals surface area contributed by atoms with Crippen molar-refractivity contribution < 1.29 is 18.0 Å². The third-order valence-electron chi connectivity index (χ3n) is 2.73. The van der Waals surface area contributed by atoms with Gasteiger partial charge >= 0.3 is 0 Å². The van der Waals surface area contributed by atoms with Gasteiger partial charge in [-0.2, -0.15) is 4.31 Å². The minimum atomic E-state index is -3.46. The Hall–Kier alpha value is -2.37. The molecular weight excluding hydrogens is 306 g/mol. The highest BCUT2D eigenvalue weighted by Crippen LogP contribution is 2.15. The summed E-state index contributed by atoms with van der Waals surface area (Å²) in [5.41, 5.74) is 0.525. The van der Waals surface area contributed by atoms with Gasteiger partial charge < -0.3 is 10.6 Å². The van der Waals surface area contributed by atoms with Crippen molar-refractivity contribution in [2.45, 2.75) is 0 Å². The normalized spacial score (nSPS) is 10.8. The molecule has 8 heteroatoms. The van der Waals surface area contributed by atoms with Gasteiger partial charge in [-0.15, -0.1) is 6.42 Å². The molecule has 1 rings (SSSR count). The molecule has 118 valence electrons. The maximum atomic E-state index is 11.9. The number of hydrogen-bond acceptors (Lipinski definition) is 4. The average Bonchev–Trinajstić information content (AvgIpc) is 2.44. The van der Waals surface area contributed by atoms with Crippen molar-refractivity contribution in [2.75, 3.05) is 31.7 Å². The lowest BCUT2D eigenvalue weighted by atomic mass is 10.1. The molecule has 0 heterocycles. The molecule has 0 aliphatic heterocycles. The van der Waals surface area contributed by atoms with Crippen molar-refractivity contribution >= 4 is 27.5 Å². The largest absolute Gasteiger partial charge is 0.341 e. The molecule has 2 amide bonds. The molecule has 2 N–H and O–H groups in total. The van der Waals surface area contributed by atoms with Crippen molar-refractivity contribution in [3.05, 3.63) is 29.8 Å². The number of sulfonamides is 1. The molecule has 0 radical (unpaired) electrons. The molecule has 0 saturated heterocycles. The Labute approximate surface area is 129 Å². The summed E-state index contributed by atoms with van der Waals surface area (Å²) in [5.74, 6) is 1.30. The Morgan fingerprint density at radius 3 is 2.55 bits per heavy atom. The maximum Gasteiger partial charge on any atom is 0.254 e. The van der Waals surface area contributed by atoms with E-state index in [4.69, 9.17) is 6.42 Å². The summed E-state index contributed by atoms with van der Waals surface area (Å²) in [6, 6.07) is 6.36. The molecule has 0 fully saturated rings. The lowest BCUT2D eigenvalue weighted by Gasteiger charge is -2.15. The zero-order chi connectivity index (χ0) is 16.8. The number of rotatable bonds is 6. The highest BCUT2D eigenvalue weighted by Gasteiger charge is 2.17. The zero-order valence-electron chi connectivity index (χ0n) is 12.3. The number of carbonyl (C=O) groups excluding carboxylic acids is 2. The van der Waals surface area contributed by atoms with Gasteiger partial charge in [-0.3, -0.25) is 9.59 Å². The molecule has 7 nitrogen and oxygen atoms in total. The summed E-state index contributed by atoms with van der Waals surface area (Å²) in [6.07, 6.45) is 6.07. The topological polar surface area (TPSA) is 95.6 Å². The van der Waals surface area contributed by atoms with E-state index in [2.05, 4.69) is 16.6 Å². The van der Waals surface area contributed by atoms with E-state index in [0.29, 0.717) is 0 Å². The Balaban J connectivity index is 2.84. The van der Waals surface area contributed by atoms with Gasteiger partial charge in [0.1, 0.15) is 0 Å². The summed E-state index contributed by atoms with van der Waals surface area (Å²) in [5, 5.41) is 5.01. The van der Waals surface area contributed by atoms with Crippen LogP contribution in [0.15, 0.2) is 24.3 Å². The first kappa shape index (κ1) is 17.7. The first-order valence-electron chi connectivity index (χ1n) is 6.27. The number of hydrogen-bond donors (Lipinski definition) is 2. The number of anilines is 1. The summed E-state index contributed by atoms with van der Waals surface area (Å²) in [4.78, 5) is 23.8. The quantitative estimate of drug-likeness (QED) is 0.714. The molecule has 0 spiro atoms. The lowest BCUT2D eigenvalue weighted by molar-refractivity contribution is -0.116. The number of likely N-dealkylation sites (N-methyl/N-ethyl adjacent to an activating group) is 1. The molecule has 0 saturated carbocycles. The van der Waals surface area contributed by atoms with E-state index in [1.54, 1.807) is 18.2 Å². The SMILES string of the molecule is C#CCNC(=O)c1ccccc1NC(=O)CN(C)S(C)(=O)=O. The minimum absolute atomic E-state index is 0.0674. The van der Waals surface area contributed by atoms with Crippen LogP contribution in [0.1, 0.15) is 10.4 Å². The predicted octanol–water partition coefficient (Wildman–Crippen LogP) is -0.120. The van der Waals surface area contributed by atoms with Crippen LogP contribution in [0.25, 0.3) is 0 Å². The fourth-order valence-corrected chi connectivity index (χ4v) is 1.88. The monoisotopic (exact) mass is 323 g/mol. The lowest BCUT2D eigenvalue weighted by Crippen LogP contribution is -2.34. The Morgan fingerprint density at radius 2 is 1.95 bits per heavy atom. The van der Waals surface area contributed by atoms with E-state index in [-0.39, 0.29) is 24.3 Å². The number of nitrogens with one attached hydrogen (secondary N) is 2. The van der Waals surface area contributed by atoms with Gasteiger partial charge in [0, 0.05) is 7.05 Å². The van der Waals surface area contributed by atoms with E-state index < -0.39 is 21.8 Å². The number of carbonyl (C=O) groups is 2. The molecular formula is C14H17N3O4S. The van der Waals surface area contributed by atoms with Crippen molar-refractivity contribution in [1.29, 1.82) is 0 Å². The fraction of sp³-hybridized carbons (Fsp3) is 0.286. The second-order valence-corrected chi connectivity index (χ2v) is 6.59. The fourth-order valence-electron chi connectivity index (χ4n) is 1.53. The highest BCUT2D eigenvalue weighted by molar-refractivity contribution is 7.88. The summed E-state index contributed by atoms with van der Waals surface area (Å²) < 4.78 is 23.5. The molecule has 1 aromatic carbocycles. The van der Waals surface area contributed by atoms with Crippen LogP contribution < -0.4 is 10.6 Å². The van der Waals surface area contributed by atoms with E-state index in [1.807, 2.05) is 0 Å². The number of amides is 2. The van der Waals surface area contributed by atoms with Gasteiger partial charge in [0.05, 0.1) is 30.6 Å². The van der Waals surface area contributed by atoms with Gasteiger partial charge in [0.15, 0.2) is 0 Å². The van der Waals surface area contributed by atoms with Gasteiger partial charge in [0.2, 0.25) is 15.9 Å². The average molecular weight is 323 g/mol. The predicted molar refractivity (Wildman–Crippen MR) is 83.7 cm³/mol. The zero-order valence-corrected chi connectivity index (χ0v) is 13.1. The van der Waals surface area contributed by atoms with Gasteiger partial charge in [-0.05, 0) is 12.1 Å². The van der Waals surface area contributed by atoms with E-state index in [0.717, 1.165) is 10.6 Å². The highest BCUT2D eigenvalue weighted by atomic mass is 32.2. The second kappa shape index (κ2) is 7.59. The van der Waals surface area contributed by atoms with Crippen LogP contribution in [-0.4, -0.2) is 50.9 Å². The summed E-state index contributed by atoms with van der Waals surface area (Å²) in [6.45, 7) is -0.281. The third-order valence-corrected chi connectivity index (χ3v) is 3.99. The summed E-state index contributed by atoms with van der Waals surface area (Å²) in [7, 11) is -2.17. The molecule has 0 aliphatic rings. The van der Waals surface area contributed by atoms with Crippen LogP contribution in [0.5, 0.6) is 0 Å². The smallest absolute Gasteiger partial charge is 0.254 e. The number of benzene rings is 1. The van der Waals surface area contributed by atoms with Crippen LogP contribution in [0.3, 0.4) is 0 Å². The second-order valence-electron chi connectivity index (χ2n) is 4.50. The number of para-hydroxylation sites is 1. The Morgan fingerprint density at radius 1 is 1.32 bits per heavy atom. The molecule has 0 aliphatic carbocycles. The summed E-state index contributed by atoms with van der Waals surface area (Å²) >= 11 is 0. The molecule has 22 heavy (non-hydrogen) atoms. The van der Waals surface area contributed by atoms with Crippen molar-refractivity contribution in [3.63, 3.8) is 0 Å². The minimum Gasteiger partial charge on any atom is -0.341 e. The Kier molecular flexibility index (Phi) is 6.10. The van der Waals surface area contributed by atoms with Gasteiger partial charge in [-0.25, -0.2) is 8.42 Å². The van der Waals surface area contributed by atoms with Crippen LogP contribution in [0.2, 0.25) is 0 Å². The van der Waals surface area contributed by atoms with Crippen LogP contribution in [0, 0.1) is 12.3 Å². The van der Waals surface area contributed by atoms with Crippen LogP contribution in [0.4, 0.5) is 5.69 Å². The third kappa shape index (κ3) is 5.20. The van der Waals surface area contributed by atoms with Crippen molar-refractivity contribution in [3.8, 4) is 12.3 Å². The van der Waals surface area contributed by atoms with Gasteiger partial charge in [-0.1, -0.05) is 18.1 Å². The molecule has 0 aromatic heterocycles. The number of nitrogens with zero attached hydrogens (tertiary/aromatic N) is 1. The number of terminal acetylenes is 1. The van der Waals surface area contributed by atoms with Crippen LogP contribution >= 0.6 is 0 Å². The standard InChI is InChI=1S/C14H17N3O4S/c1-4-9-15-14(19)11-7-5-6-8-12(11)16-13(18)10-17(2)22(3,20)21/h1,5-8H,9-10H2,2-3H3,(H,15,19)(H,16,18). The van der Waals surface area contributed by atoms with E-state index >= 15 is 0 Å². The Bertz CT molecular complexity index is 707. The van der Waals surface area contributed by atoms with Crippen molar-refractivity contribution in [2.24, 2.45) is 0 Å². The molecule has 0 unspecified atom stereocenters. The molecule has 1 aromatic rings. The van der Waals surface area contributed by atoms with Crippen molar-refractivity contribution in [1.82, 2.24) is 9.62 Å². The van der Waals surface area contributed by atoms with E-state index in [1.165, 1.54) is 13.1 Å². The molecule has 0 atom stereocenters. The first-order chi connectivity index (χ1) is 10.3. The van der Waals surface area contributed by atoms with Gasteiger partial charge in [0.25, 0.3) is 5.91 Å².